The van der Waals surface area contributed by atoms with Crippen LogP contribution in [0.4, 0.5) is 0 Å². The van der Waals surface area contributed by atoms with Crippen LogP contribution in [0, 0.1) is 25.2 Å². The second kappa shape index (κ2) is 17.7. The van der Waals surface area contributed by atoms with Gasteiger partial charge < -0.3 is 34.2 Å². The Hall–Kier alpha value is -4.66. The molecule has 272 valence electrons. The Morgan fingerprint density at radius 2 is 1.63 bits per heavy atom. The van der Waals surface area contributed by atoms with E-state index in [0.29, 0.717) is 59.7 Å². The Kier molecular flexibility index (Phi) is 12.6. The van der Waals surface area contributed by atoms with Gasteiger partial charge in [-0.25, -0.2) is 0 Å². The van der Waals surface area contributed by atoms with Gasteiger partial charge in [-0.1, -0.05) is 41.9 Å². The van der Waals surface area contributed by atoms with Crippen molar-refractivity contribution in [2.24, 2.45) is 4.99 Å². The maximum atomic E-state index is 9.78. The summed E-state index contributed by atoms with van der Waals surface area (Å²) in [5.74, 6) is 2.58. The average Bonchev–Trinajstić information content (AvgIpc) is 3.62. The summed E-state index contributed by atoms with van der Waals surface area (Å²) >= 11 is 6.86. The second-order valence-corrected chi connectivity index (χ2v) is 13.7. The molecule has 0 radical (unpaired) electrons. The molecule has 1 saturated heterocycles. The fourth-order valence-electron chi connectivity index (χ4n) is 6.77. The normalized spacial score (nSPS) is 15.0. The first-order valence-corrected chi connectivity index (χ1v) is 18.3. The molecule has 0 saturated carbocycles. The van der Waals surface area contributed by atoms with Gasteiger partial charge in [0.1, 0.15) is 42.4 Å². The lowest BCUT2D eigenvalue weighted by Crippen LogP contribution is -2.36. The molecule has 0 spiro atoms. The number of aliphatic hydroxyl groups excluding tert-OH is 2. The number of pyridine rings is 1. The van der Waals surface area contributed by atoms with Gasteiger partial charge in [0, 0.05) is 56.7 Å². The highest BCUT2D eigenvalue weighted by Gasteiger charge is 2.24. The first-order valence-electron chi connectivity index (χ1n) is 17.9. The molecule has 1 fully saturated rings. The topological polar surface area (TPSA) is 124 Å². The van der Waals surface area contributed by atoms with E-state index in [1.54, 1.807) is 24.4 Å². The second-order valence-electron chi connectivity index (χ2n) is 13.3. The van der Waals surface area contributed by atoms with Gasteiger partial charge in [-0.3, -0.25) is 9.98 Å². The molecular weight excluding hydrogens is 678 g/mol. The molecular formula is C41H46ClN5O5. The minimum atomic E-state index is -0.157. The van der Waals surface area contributed by atoms with Crippen molar-refractivity contribution in [1.82, 2.24) is 14.8 Å². The van der Waals surface area contributed by atoms with Crippen LogP contribution in [0.1, 0.15) is 52.6 Å². The molecule has 2 aliphatic rings. The molecule has 0 unspecified atom stereocenters. The quantitative estimate of drug-likeness (QED) is 0.136. The summed E-state index contributed by atoms with van der Waals surface area (Å²) in [6.07, 6.45) is 5.65. The third-order valence-corrected chi connectivity index (χ3v) is 10.0. The zero-order valence-electron chi connectivity index (χ0n) is 29.9. The maximum absolute atomic E-state index is 9.78. The van der Waals surface area contributed by atoms with Crippen LogP contribution in [-0.4, -0.2) is 89.4 Å². The summed E-state index contributed by atoms with van der Waals surface area (Å²) in [5.41, 5.74) is 7.33. The largest absolute Gasteiger partial charge is 0.493 e. The van der Waals surface area contributed by atoms with Crippen LogP contribution in [0.3, 0.4) is 0 Å². The summed E-state index contributed by atoms with van der Waals surface area (Å²) in [6, 6.07) is 19.9. The minimum Gasteiger partial charge on any atom is -0.493 e. The fraction of sp³-hybridized carbons (Fsp3) is 0.390. The molecule has 0 aliphatic carbocycles. The van der Waals surface area contributed by atoms with E-state index in [4.69, 9.17) is 30.8 Å². The van der Waals surface area contributed by atoms with Crippen molar-refractivity contribution >= 4 is 17.4 Å². The lowest BCUT2D eigenvalue weighted by atomic mass is 9.93. The number of nitriles is 1. The SMILES string of the molecule is Cc1c(COc2cc(OCc3cncc(C#N)c3)c(C3=NCCN3CCO)cc2Cl)cccc1-c1cccc(OCCCN2CCC(O)CC2)c1C. The number of rotatable bonds is 15. The molecule has 11 heteroatoms. The number of amidine groups is 1. The predicted octanol–water partition coefficient (Wildman–Crippen LogP) is 6.33. The molecule has 4 aromatic rings. The molecule has 2 N–H and O–H groups in total. The van der Waals surface area contributed by atoms with Gasteiger partial charge in [-0.2, -0.15) is 5.26 Å². The standard InChI is InChI=1S/C41H46ClN5O5/c1-28-32(6-3-7-34(28)35-8-4-9-38(29(35)2)50-19-5-13-46-14-10-33(49)11-15-46)27-52-40-22-39(51-26-31-20-30(23-43)24-44-25-31)36(21-37(40)42)41-45-12-16-47(41)17-18-48/h3-4,6-9,20-22,24-25,33,48-49H,5,10-19,26-27H2,1-2H3. The molecule has 3 aromatic carbocycles. The van der Waals surface area contributed by atoms with E-state index in [9.17, 15) is 15.5 Å². The van der Waals surface area contributed by atoms with Crippen molar-refractivity contribution in [3.05, 3.63) is 105 Å². The van der Waals surface area contributed by atoms with E-state index in [0.717, 1.165) is 78.0 Å². The molecule has 1 aromatic heterocycles. The van der Waals surface area contributed by atoms with Crippen molar-refractivity contribution < 1.29 is 24.4 Å². The number of halogens is 1. The number of aliphatic imine (C=N–C) groups is 1. The van der Waals surface area contributed by atoms with Gasteiger partial charge in [-0.15, -0.1) is 0 Å². The number of benzene rings is 3. The zero-order valence-corrected chi connectivity index (χ0v) is 30.6. The Bertz CT molecular complexity index is 1920. The van der Waals surface area contributed by atoms with Crippen LogP contribution in [0.5, 0.6) is 17.2 Å². The smallest absolute Gasteiger partial charge is 0.142 e. The number of hydrogen-bond acceptors (Lipinski definition) is 10. The predicted molar refractivity (Wildman–Crippen MR) is 202 cm³/mol. The van der Waals surface area contributed by atoms with Crippen molar-refractivity contribution in [3.8, 4) is 34.4 Å². The van der Waals surface area contributed by atoms with Gasteiger partial charge in [0.05, 0.1) is 42.0 Å². The van der Waals surface area contributed by atoms with Crippen LogP contribution in [0.2, 0.25) is 5.02 Å². The number of ether oxygens (including phenoxy) is 3. The van der Waals surface area contributed by atoms with Crippen LogP contribution >= 0.6 is 11.6 Å². The Morgan fingerprint density at radius 3 is 2.42 bits per heavy atom. The summed E-state index contributed by atoms with van der Waals surface area (Å²) in [4.78, 5) is 13.3. The molecule has 0 atom stereocenters. The van der Waals surface area contributed by atoms with Crippen LogP contribution in [0.25, 0.3) is 11.1 Å². The van der Waals surface area contributed by atoms with Crippen LogP contribution < -0.4 is 14.2 Å². The molecule has 3 heterocycles. The Labute approximate surface area is 310 Å². The lowest BCUT2D eigenvalue weighted by Gasteiger charge is -2.29. The van der Waals surface area contributed by atoms with Crippen molar-refractivity contribution in [1.29, 1.82) is 5.26 Å². The van der Waals surface area contributed by atoms with E-state index >= 15 is 0 Å². The monoisotopic (exact) mass is 723 g/mol. The van der Waals surface area contributed by atoms with Gasteiger partial charge in [-0.05, 0) is 79.1 Å². The number of piperidine rings is 1. The Morgan fingerprint density at radius 1 is 0.865 bits per heavy atom. The number of hydrogen-bond donors (Lipinski definition) is 2. The summed E-state index contributed by atoms with van der Waals surface area (Å²) < 4.78 is 19.0. The molecule has 52 heavy (non-hydrogen) atoms. The van der Waals surface area contributed by atoms with Gasteiger partial charge in [0.25, 0.3) is 0 Å². The average molecular weight is 724 g/mol. The molecule has 0 amide bonds. The highest BCUT2D eigenvalue weighted by Crippen LogP contribution is 2.37. The Balaban J connectivity index is 1.17. The molecule has 0 bridgehead atoms. The van der Waals surface area contributed by atoms with E-state index in [1.165, 1.54) is 6.20 Å². The first-order chi connectivity index (χ1) is 25.3. The van der Waals surface area contributed by atoms with E-state index in [1.807, 2.05) is 23.1 Å². The molecule has 10 nitrogen and oxygen atoms in total. The number of likely N-dealkylation sites (tertiary alicyclic amines) is 1. The summed E-state index contributed by atoms with van der Waals surface area (Å²) in [5, 5.41) is 29.2. The fourth-order valence-corrected chi connectivity index (χ4v) is 6.99. The summed E-state index contributed by atoms with van der Waals surface area (Å²) in [6.45, 7) is 9.89. The molecule has 2 aliphatic heterocycles. The van der Waals surface area contributed by atoms with Crippen LogP contribution in [0.15, 0.2) is 72.0 Å². The highest BCUT2D eigenvalue weighted by molar-refractivity contribution is 6.32. The van der Waals surface area contributed by atoms with Crippen LogP contribution in [-0.2, 0) is 13.2 Å². The molecule has 6 rings (SSSR count). The highest BCUT2D eigenvalue weighted by atomic mass is 35.5. The van der Waals surface area contributed by atoms with Gasteiger partial charge in [0.2, 0.25) is 0 Å². The summed E-state index contributed by atoms with van der Waals surface area (Å²) in [7, 11) is 0. The van der Waals surface area contributed by atoms with Crippen molar-refractivity contribution in [3.63, 3.8) is 0 Å². The maximum Gasteiger partial charge on any atom is 0.142 e. The minimum absolute atomic E-state index is 0.00208. The number of β-amino-alcohol motifs (C(OH)–C–C–N with tert-alkyl or cyclic N) is 1. The van der Waals surface area contributed by atoms with E-state index in [-0.39, 0.29) is 25.9 Å². The first kappa shape index (κ1) is 37.1. The van der Waals surface area contributed by atoms with E-state index < -0.39 is 0 Å². The van der Waals surface area contributed by atoms with Gasteiger partial charge >= 0.3 is 0 Å². The third kappa shape index (κ3) is 9.03. The van der Waals surface area contributed by atoms with Crippen molar-refractivity contribution in [2.45, 2.75) is 52.4 Å². The zero-order chi connectivity index (χ0) is 36.5. The van der Waals surface area contributed by atoms with Crippen molar-refractivity contribution in [2.75, 3.05) is 52.5 Å². The third-order valence-electron chi connectivity index (χ3n) is 9.73. The number of aliphatic hydroxyl groups is 2. The lowest BCUT2D eigenvalue weighted by molar-refractivity contribution is 0.0800. The number of nitrogens with zero attached hydrogens (tertiary/aromatic N) is 5. The van der Waals surface area contributed by atoms with Gasteiger partial charge in [0.15, 0.2) is 0 Å². The number of aromatic nitrogens is 1. The van der Waals surface area contributed by atoms with E-state index in [2.05, 4.69) is 48.0 Å².